The minimum atomic E-state index is -1.35. The van der Waals surface area contributed by atoms with Crippen LogP contribution in [0, 0.1) is 0 Å². The summed E-state index contributed by atoms with van der Waals surface area (Å²) in [4.78, 5) is 11.5. The van der Waals surface area contributed by atoms with E-state index in [0.717, 1.165) is 0 Å². The van der Waals surface area contributed by atoms with Crippen molar-refractivity contribution in [3.63, 3.8) is 0 Å². The minimum absolute atomic E-state index is 0.0504. The third kappa shape index (κ3) is 3.34. The average Bonchev–Trinajstić information content (AvgIpc) is 2.54. The van der Waals surface area contributed by atoms with Crippen LogP contribution in [0.25, 0.3) is 0 Å². The maximum Gasteiger partial charge on any atom is 0.328 e. The van der Waals surface area contributed by atoms with Crippen LogP contribution in [-0.4, -0.2) is 81.7 Å². The van der Waals surface area contributed by atoms with Crippen molar-refractivity contribution >= 4 is 0 Å². The number of aromatic nitrogens is 3. The molecule has 0 saturated carbocycles. The highest BCUT2D eigenvalue weighted by Gasteiger charge is 2.44. The lowest BCUT2D eigenvalue weighted by Gasteiger charge is -2.39. The van der Waals surface area contributed by atoms with E-state index in [1.165, 1.54) is 14.2 Å². The lowest BCUT2D eigenvalue weighted by atomic mass is 9.98. The Morgan fingerprint density at radius 3 is 2.09 bits per heavy atom. The van der Waals surface area contributed by atoms with Crippen LogP contribution in [0.2, 0.25) is 0 Å². The Labute approximate surface area is 125 Å². The van der Waals surface area contributed by atoms with Crippen LogP contribution >= 0.6 is 0 Å². The van der Waals surface area contributed by atoms with Gasteiger partial charge in [-0.2, -0.15) is 0 Å². The number of hydrogen-bond donors (Lipinski definition) is 4. The van der Waals surface area contributed by atoms with Gasteiger partial charge < -0.3 is 40.0 Å². The first-order valence-electron chi connectivity index (χ1n) is 6.39. The number of nitrogens with two attached hydrogens (primary N) is 1. The molecule has 1 aliphatic heterocycles. The molecule has 5 atom stereocenters. The van der Waals surface area contributed by atoms with Gasteiger partial charge in [-0.25, -0.2) is 0 Å². The summed E-state index contributed by atoms with van der Waals surface area (Å²) in [7, 11) is 2.70. The van der Waals surface area contributed by atoms with Crippen molar-refractivity contribution in [3.05, 3.63) is 0 Å². The first kappa shape index (κ1) is 16.6. The van der Waals surface area contributed by atoms with Gasteiger partial charge in [-0.05, 0) is 0 Å². The fraction of sp³-hybridized carbons (Fsp3) is 0.727. The molecule has 1 saturated heterocycles. The molecule has 5 N–H and O–H groups in total. The van der Waals surface area contributed by atoms with E-state index < -0.39 is 37.3 Å². The average molecular weight is 318 g/mol. The number of aliphatic hydroxyl groups is 3. The molecule has 1 aromatic heterocycles. The Kier molecular flexibility index (Phi) is 5.26. The van der Waals surface area contributed by atoms with E-state index >= 15 is 0 Å². The van der Waals surface area contributed by atoms with Crippen LogP contribution < -0.4 is 19.9 Å². The molecule has 0 amide bonds. The van der Waals surface area contributed by atoms with Gasteiger partial charge in [-0.3, -0.25) is 0 Å². The van der Waals surface area contributed by atoms with Gasteiger partial charge >= 0.3 is 18.0 Å². The summed E-state index contributed by atoms with van der Waals surface area (Å²) in [6.07, 6.45) is -4.92. The molecular formula is C11H18N4O7. The van der Waals surface area contributed by atoms with E-state index in [1.54, 1.807) is 0 Å². The molecule has 22 heavy (non-hydrogen) atoms. The van der Waals surface area contributed by atoms with Gasteiger partial charge in [0.05, 0.1) is 26.9 Å². The number of nitrogens with zero attached hydrogens (tertiary/aromatic N) is 3. The van der Waals surface area contributed by atoms with E-state index in [1.807, 2.05) is 0 Å². The Hall–Kier alpha value is -1.79. The Bertz CT molecular complexity index is 481. The summed E-state index contributed by atoms with van der Waals surface area (Å²) in [5.41, 5.74) is 5.74. The molecule has 124 valence electrons. The molecule has 0 aliphatic carbocycles. The molecule has 0 bridgehead atoms. The van der Waals surface area contributed by atoms with Gasteiger partial charge in [0.25, 0.3) is 0 Å². The second-order valence-electron chi connectivity index (χ2n) is 4.49. The largest absolute Gasteiger partial charge is 0.467 e. The molecule has 1 aromatic rings. The third-order valence-electron chi connectivity index (χ3n) is 3.09. The summed E-state index contributed by atoms with van der Waals surface area (Å²) < 4.78 is 20.4. The number of methoxy groups -OCH3 is 2. The quantitative estimate of drug-likeness (QED) is 0.438. The summed E-state index contributed by atoms with van der Waals surface area (Å²) in [5, 5.41) is 28.7. The Balaban J connectivity index is 2.18. The first-order chi connectivity index (χ1) is 10.5. The lowest BCUT2D eigenvalue weighted by molar-refractivity contribution is -0.240. The van der Waals surface area contributed by atoms with Gasteiger partial charge in [0.2, 0.25) is 6.29 Å². The summed E-state index contributed by atoms with van der Waals surface area (Å²) in [5.74, 6) is 0. The zero-order valence-corrected chi connectivity index (χ0v) is 12.0. The van der Waals surface area contributed by atoms with Crippen molar-refractivity contribution in [2.75, 3.05) is 20.8 Å². The lowest BCUT2D eigenvalue weighted by Crippen LogP contribution is -2.63. The normalized spacial score (nSPS) is 31.6. The Morgan fingerprint density at radius 1 is 1.05 bits per heavy atom. The van der Waals surface area contributed by atoms with Gasteiger partial charge in [0.15, 0.2) is 0 Å². The van der Waals surface area contributed by atoms with Crippen molar-refractivity contribution < 1.29 is 34.3 Å². The molecule has 0 aromatic carbocycles. The zero-order valence-electron chi connectivity index (χ0n) is 12.0. The SMILES string of the molecule is COc1nc(OC)nc(O[C@@H]2O[C@H](CO)[C@H](O)[C@H](O)[C@H]2N)n1. The van der Waals surface area contributed by atoms with Gasteiger partial charge in [0.1, 0.15) is 18.3 Å². The molecule has 2 heterocycles. The predicted octanol–water partition coefficient (Wildman–Crippen LogP) is -2.97. The molecule has 11 heteroatoms. The molecule has 1 aliphatic rings. The molecule has 1 fully saturated rings. The van der Waals surface area contributed by atoms with Crippen molar-refractivity contribution in [1.82, 2.24) is 15.0 Å². The fourth-order valence-electron chi connectivity index (χ4n) is 1.87. The van der Waals surface area contributed by atoms with Gasteiger partial charge in [0, 0.05) is 0 Å². The molecule has 0 spiro atoms. The summed E-state index contributed by atoms with van der Waals surface area (Å²) in [6.45, 7) is -0.519. The van der Waals surface area contributed by atoms with Crippen LogP contribution in [0.1, 0.15) is 0 Å². The highest BCUT2D eigenvalue weighted by Crippen LogP contribution is 2.23. The molecule has 0 unspecified atom stereocenters. The van der Waals surface area contributed by atoms with Crippen molar-refractivity contribution in [3.8, 4) is 18.0 Å². The smallest absolute Gasteiger partial charge is 0.328 e. The highest BCUT2D eigenvalue weighted by atomic mass is 16.7. The third-order valence-corrected chi connectivity index (χ3v) is 3.09. The van der Waals surface area contributed by atoms with E-state index in [-0.39, 0.29) is 18.0 Å². The maximum atomic E-state index is 9.85. The maximum absolute atomic E-state index is 9.85. The fourth-order valence-corrected chi connectivity index (χ4v) is 1.87. The van der Waals surface area contributed by atoms with Crippen LogP contribution in [0.4, 0.5) is 0 Å². The summed E-state index contributed by atoms with van der Waals surface area (Å²) >= 11 is 0. The highest BCUT2D eigenvalue weighted by molar-refractivity contribution is 5.09. The van der Waals surface area contributed by atoms with Crippen molar-refractivity contribution in [2.24, 2.45) is 5.73 Å². The number of rotatable bonds is 5. The first-order valence-corrected chi connectivity index (χ1v) is 6.39. The zero-order chi connectivity index (χ0) is 16.3. The number of aliphatic hydroxyl groups excluding tert-OH is 3. The number of ether oxygens (including phenoxy) is 4. The van der Waals surface area contributed by atoms with Gasteiger partial charge in [-0.1, -0.05) is 0 Å². The van der Waals surface area contributed by atoms with Crippen LogP contribution in [-0.2, 0) is 4.74 Å². The molecule has 2 rings (SSSR count). The van der Waals surface area contributed by atoms with Crippen molar-refractivity contribution in [1.29, 1.82) is 0 Å². The molecule has 11 nitrogen and oxygen atoms in total. The monoisotopic (exact) mass is 318 g/mol. The second-order valence-corrected chi connectivity index (χ2v) is 4.49. The molecular weight excluding hydrogens is 300 g/mol. The van der Waals surface area contributed by atoms with E-state index in [4.69, 9.17) is 29.8 Å². The van der Waals surface area contributed by atoms with E-state index in [9.17, 15) is 10.2 Å². The minimum Gasteiger partial charge on any atom is -0.467 e. The second kappa shape index (κ2) is 6.98. The van der Waals surface area contributed by atoms with Crippen LogP contribution in [0.15, 0.2) is 0 Å². The topological polar surface area (TPSA) is 162 Å². The van der Waals surface area contributed by atoms with Crippen LogP contribution in [0.5, 0.6) is 18.0 Å². The van der Waals surface area contributed by atoms with Crippen molar-refractivity contribution in [2.45, 2.75) is 30.6 Å². The standard InChI is InChI=1S/C11H18N4O7/c1-19-9-13-10(20-2)15-11(14-9)22-8-5(12)7(18)6(17)4(3-16)21-8/h4-8,16-18H,3,12H2,1-2H3/t4-,5-,6+,7-,8+/m1/s1. The summed E-state index contributed by atoms with van der Waals surface area (Å²) in [6, 6.07) is -1.38. The van der Waals surface area contributed by atoms with E-state index in [0.29, 0.717) is 0 Å². The van der Waals surface area contributed by atoms with Gasteiger partial charge in [-0.15, -0.1) is 15.0 Å². The predicted molar refractivity (Wildman–Crippen MR) is 69.3 cm³/mol. The number of hydrogen-bond acceptors (Lipinski definition) is 11. The molecule has 0 radical (unpaired) electrons. The van der Waals surface area contributed by atoms with E-state index in [2.05, 4.69) is 15.0 Å². The Morgan fingerprint density at radius 2 is 1.59 bits per heavy atom. The van der Waals surface area contributed by atoms with Crippen LogP contribution in [0.3, 0.4) is 0 Å².